The van der Waals surface area contributed by atoms with Gasteiger partial charge in [0.25, 0.3) is 0 Å². The average molecular weight is 264 g/mol. The van der Waals surface area contributed by atoms with Gasteiger partial charge in [0.2, 0.25) is 0 Å². The highest BCUT2D eigenvalue weighted by atomic mass is 28.4. The first kappa shape index (κ1) is 17.0. The van der Waals surface area contributed by atoms with Crippen molar-refractivity contribution in [3.05, 3.63) is 0 Å². The van der Waals surface area contributed by atoms with Gasteiger partial charge in [0.1, 0.15) is 0 Å². The number of nitrogens with one attached hydrogen (secondary N) is 1. The maximum atomic E-state index is 5.90. The first-order valence-corrected chi connectivity index (χ1v) is 8.19. The van der Waals surface area contributed by atoms with E-state index in [1.54, 1.807) is 21.3 Å². The van der Waals surface area contributed by atoms with Crippen LogP contribution < -0.4 is 11.1 Å². The van der Waals surface area contributed by atoms with Crippen LogP contribution in [0.4, 0.5) is 0 Å². The highest BCUT2D eigenvalue weighted by molar-refractivity contribution is 6.60. The molecule has 0 fully saturated rings. The van der Waals surface area contributed by atoms with Crippen LogP contribution in [0.15, 0.2) is 0 Å². The molecule has 17 heavy (non-hydrogen) atoms. The van der Waals surface area contributed by atoms with Crippen molar-refractivity contribution in [2.45, 2.75) is 38.3 Å². The molecule has 0 amide bonds. The molecule has 0 aliphatic rings. The topological polar surface area (TPSA) is 65.7 Å². The van der Waals surface area contributed by atoms with E-state index in [9.17, 15) is 0 Å². The van der Waals surface area contributed by atoms with Crippen LogP contribution in [0.2, 0.25) is 6.04 Å². The van der Waals surface area contributed by atoms with Crippen molar-refractivity contribution in [1.29, 1.82) is 0 Å². The average Bonchev–Trinajstić information content (AvgIpc) is 2.35. The molecule has 0 heterocycles. The molecule has 0 saturated heterocycles. The van der Waals surface area contributed by atoms with Gasteiger partial charge in [-0.15, -0.1) is 0 Å². The van der Waals surface area contributed by atoms with Crippen LogP contribution in [0, 0.1) is 0 Å². The normalized spacial score (nSPS) is 13.9. The van der Waals surface area contributed by atoms with Crippen molar-refractivity contribution in [3.8, 4) is 0 Å². The lowest BCUT2D eigenvalue weighted by molar-refractivity contribution is 0.123. The van der Waals surface area contributed by atoms with Crippen LogP contribution in [0.3, 0.4) is 0 Å². The Morgan fingerprint density at radius 2 is 1.76 bits per heavy atom. The van der Waals surface area contributed by atoms with E-state index in [1.807, 2.05) is 0 Å². The molecule has 0 aliphatic carbocycles. The first-order valence-electron chi connectivity index (χ1n) is 6.25. The molecular formula is C11H28N2O3Si. The van der Waals surface area contributed by atoms with E-state index in [0.717, 1.165) is 38.4 Å². The summed E-state index contributed by atoms with van der Waals surface area (Å²) < 4.78 is 16.0. The monoisotopic (exact) mass is 264 g/mol. The minimum Gasteiger partial charge on any atom is -0.377 e. The molecule has 0 aromatic rings. The van der Waals surface area contributed by atoms with Gasteiger partial charge in [-0.05, 0) is 19.4 Å². The van der Waals surface area contributed by atoms with Gasteiger partial charge in [-0.3, -0.25) is 0 Å². The quantitative estimate of drug-likeness (QED) is 0.430. The third-order valence-electron chi connectivity index (χ3n) is 2.84. The molecular weight excluding hydrogens is 236 g/mol. The number of hydrogen-bond acceptors (Lipinski definition) is 5. The Hall–Kier alpha value is 0.0169. The van der Waals surface area contributed by atoms with Crippen LogP contribution in [0.1, 0.15) is 26.2 Å². The third kappa shape index (κ3) is 7.12. The summed E-state index contributed by atoms with van der Waals surface area (Å²) in [5.41, 5.74) is 5.90. The molecule has 6 heteroatoms. The Balaban J connectivity index is 3.62. The van der Waals surface area contributed by atoms with Crippen LogP contribution in [-0.4, -0.2) is 49.3 Å². The molecule has 0 aromatic carbocycles. The molecule has 0 rings (SSSR count). The lowest BCUT2D eigenvalue weighted by Crippen LogP contribution is -2.43. The number of hydrogen-bond donors (Lipinski definition) is 2. The molecule has 3 N–H and O–H groups in total. The molecule has 0 radical (unpaired) electrons. The molecule has 0 saturated carbocycles. The van der Waals surface area contributed by atoms with Gasteiger partial charge in [-0.2, -0.15) is 0 Å². The maximum Gasteiger partial charge on any atom is 0.500 e. The molecule has 0 aliphatic heterocycles. The second kappa shape index (κ2) is 9.99. The SMILES string of the molecule is CCCC(N)CNCCC[Si](OC)(OC)OC. The highest BCUT2D eigenvalue weighted by Gasteiger charge is 2.36. The molecule has 0 bridgehead atoms. The van der Waals surface area contributed by atoms with Crippen molar-refractivity contribution >= 4 is 8.80 Å². The van der Waals surface area contributed by atoms with Crippen LogP contribution >= 0.6 is 0 Å². The summed E-state index contributed by atoms with van der Waals surface area (Å²) in [5, 5.41) is 3.35. The highest BCUT2D eigenvalue weighted by Crippen LogP contribution is 2.14. The van der Waals surface area contributed by atoms with Gasteiger partial charge in [-0.25, -0.2) is 0 Å². The Kier molecular flexibility index (Phi) is 10.00. The first-order chi connectivity index (χ1) is 8.14. The van der Waals surface area contributed by atoms with Gasteiger partial charge in [0, 0.05) is 40.0 Å². The van der Waals surface area contributed by atoms with Gasteiger partial charge in [0.05, 0.1) is 0 Å². The lowest BCUT2D eigenvalue weighted by atomic mass is 10.2. The summed E-state index contributed by atoms with van der Waals surface area (Å²) in [6.45, 7) is 3.94. The summed E-state index contributed by atoms with van der Waals surface area (Å²) in [5.74, 6) is 0. The van der Waals surface area contributed by atoms with Crippen molar-refractivity contribution < 1.29 is 13.3 Å². The van der Waals surface area contributed by atoms with Crippen LogP contribution in [0.25, 0.3) is 0 Å². The van der Waals surface area contributed by atoms with Gasteiger partial charge >= 0.3 is 8.80 Å². The molecule has 0 aromatic heterocycles. The molecule has 1 unspecified atom stereocenters. The lowest BCUT2D eigenvalue weighted by Gasteiger charge is -2.24. The zero-order chi connectivity index (χ0) is 13.1. The second-order valence-corrected chi connectivity index (χ2v) is 7.24. The fourth-order valence-electron chi connectivity index (χ4n) is 1.75. The maximum absolute atomic E-state index is 5.90. The Labute approximate surface area is 106 Å². The van der Waals surface area contributed by atoms with Crippen molar-refractivity contribution in [1.82, 2.24) is 5.32 Å². The summed E-state index contributed by atoms with van der Waals surface area (Å²) in [6.07, 6.45) is 3.18. The minimum absolute atomic E-state index is 0.259. The zero-order valence-electron chi connectivity index (χ0n) is 11.6. The predicted octanol–water partition coefficient (Wildman–Crippen LogP) is 0.972. The Bertz CT molecular complexity index is 172. The number of rotatable bonds is 11. The molecule has 104 valence electrons. The van der Waals surface area contributed by atoms with Crippen LogP contribution in [0.5, 0.6) is 0 Å². The molecule has 1 atom stereocenters. The van der Waals surface area contributed by atoms with E-state index < -0.39 is 8.80 Å². The van der Waals surface area contributed by atoms with E-state index in [1.165, 1.54) is 0 Å². The van der Waals surface area contributed by atoms with Gasteiger partial charge in [0.15, 0.2) is 0 Å². The van der Waals surface area contributed by atoms with Crippen molar-refractivity contribution in [3.63, 3.8) is 0 Å². The summed E-state index contributed by atoms with van der Waals surface area (Å²) >= 11 is 0. The van der Waals surface area contributed by atoms with E-state index in [4.69, 9.17) is 19.0 Å². The summed E-state index contributed by atoms with van der Waals surface area (Å²) in [4.78, 5) is 0. The zero-order valence-corrected chi connectivity index (χ0v) is 12.6. The largest absolute Gasteiger partial charge is 0.500 e. The van der Waals surface area contributed by atoms with Crippen molar-refractivity contribution in [2.75, 3.05) is 34.4 Å². The second-order valence-electron chi connectivity index (χ2n) is 4.15. The smallest absolute Gasteiger partial charge is 0.377 e. The fraction of sp³-hybridized carbons (Fsp3) is 1.00. The van der Waals surface area contributed by atoms with Gasteiger partial charge < -0.3 is 24.3 Å². The third-order valence-corrected chi connectivity index (χ3v) is 5.67. The van der Waals surface area contributed by atoms with Crippen molar-refractivity contribution in [2.24, 2.45) is 5.73 Å². The Morgan fingerprint density at radius 3 is 2.24 bits per heavy atom. The number of nitrogens with two attached hydrogens (primary N) is 1. The molecule has 5 nitrogen and oxygen atoms in total. The van der Waals surface area contributed by atoms with E-state index in [0.29, 0.717) is 0 Å². The van der Waals surface area contributed by atoms with E-state index >= 15 is 0 Å². The van der Waals surface area contributed by atoms with Crippen LogP contribution in [-0.2, 0) is 13.3 Å². The fourth-order valence-corrected chi connectivity index (χ4v) is 3.47. The Morgan fingerprint density at radius 1 is 1.18 bits per heavy atom. The standard InChI is InChI=1S/C11H28N2O3Si/c1-5-7-11(12)10-13-8-6-9-17(14-2,15-3)16-4/h11,13H,5-10,12H2,1-4H3. The van der Waals surface area contributed by atoms with E-state index in [-0.39, 0.29) is 6.04 Å². The predicted molar refractivity (Wildman–Crippen MR) is 72.0 cm³/mol. The molecule has 0 spiro atoms. The van der Waals surface area contributed by atoms with E-state index in [2.05, 4.69) is 12.2 Å². The minimum atomic E-state index is -2.38. The summed E-state index contributed by atoms with van der Waals surface area (Å²) in [6, 6.07) is 1.08. The van der Waals surface area contributed by atoms with Gasteiger partial charge in [-0.1, -0.05) is 13.3 Å². The summed E-state index contributed by atoms with van der Waals surface area (Å²) in [7, 11) is 2.55.